The van der Waals surface area contributed by atoms with E-state index in [4.69, 9.17) is 27.9 Å². The van der Waals surface area contributed by atoms with E-state index in [0.717, 1.165) is 31.2 Å². The van der Waals surface area contributed by atoms with E-state index in [0.29, 0.717) is 29.0 Å². The second kappa shape index (κ2) is 7.13. The van der Waals surface area contributed by atoms with E-state index in [-0.39, 0.29) is 5.78 Å². The molecule has 21 heavy (non-hydrogen) atoms. The Hall–Kier alpha value is -0.570. The fourth-order valence-electron chi connectivity index (χ4n) is 3.00. The van der Waals surface area contributed by atoms with Gasteiger partial charge in [0, 0.05) is 13.0 Å². The van der Waals surface area contributed by atoms with Crippen LogP contribution < -0.4 is 0 Å². The molecule has 0 aromatic heterocycles. The molecule has 1 aromatic carbocycles. The highest BCUT2D eigenvalue weighted by Crippen LogP contribution is 2.36. The van der Waals surface area contributed by atoms with Crippen LogP contribution in [-0.2, 0) is 16.0 Å². The zero-order valence-corrected chi connectivity index (χ0v) is 14.1. The number of hydrogen-bond donors (Lipinski definition) is 0. The summed E-state index contributed by atoms with van der Waals surface area (Å²) in [5, 5.41) is 1.00. The molecule has 1 aliphatic carbocycles. The maximum absolute atomic E-state index is 12.8. The van der Waals surface area contributed by atoms with Crippen molar-refractivity contribution < 1.29 is 9.53 Å². The summed E-state index contributed by atoms with van der Waals surface area (Å²) in [6, 6.07) is 5.37. The van der Waals surface area contributed by atoms with Crippen molar-refractivity contribution in [2.45, 2.75) is 51.6 Å². The Morgan fingerprint density at radius 3 is 2.52 bits per heavy atom. The molecule has 2 nitrogen and oxygen atoms in total. The molecule has 0 aliphatic heterocycles. The van der Waals surface area contributed by atoms with Crippen molar-refractivity contribution >= 4 is 29.0 Å². The summed E-state index contributed by atoms with van der Waals surface area (Å²) in [5.41, 5.74) is 0.292. The van der Waals surface area contributed by atoms with Crippen LogP contribution in [0.3, 0.4) is 0 Å². The van der Waals surface area contributed by atoms with Crippen LogP contribution in [0.2, 0.25) is 10.0 Å². The Labute approximate surface area is 136 Å². The van der Waals surface area contributed by atoms with Gasteiger partial charge < -0.3 is 4.74 Å². The number of hydrogen-bond acceptors (Lipinski definition) is 2. The molecule has 0 atom stereocenters. The molecule has 0 bridgehead atoms. The Kier molecular flexibility index (Phi) is 5.70. The fourth-order valence-corrected chi connectivity index (χ4v) is 3.33. The van der Waals surface area contributed by atoms with Gasteiger partial charge in [-0.2, -0.15) is 0 Å². The molecule has 1 aromatic rings. The molecule has 1 aliphatic rings. The highest BCUT2D eigenvalue weighted by atomic mass is 35.5. The maximum Gasteiger partial charge on any atom is 0.168 e. The minimum Gasteiger partial charge on any atom is -0.367 e. The molecule has 0 unspecified atom stereocenters. The van der Waals surface area contributed by atoms with Crippen molar-refractivity contribution in [1.29, 1.82) is 0 Å². The molecule has 0 radical (unpaired) electrons. The average Bonchev–Trinajstić information content (AvgIpc) is 2.46. The average molecular weight is 329 g/mol. The van der Waals surface area contributed by atoms with E-state index in [1.807, 2.05) is 13.0 Å². The van der Waals surface area contributed by atoms with Gasteiger partial charge in [-0.25, -0.2) is 0 Å². The third-order valence-corrected chi connectivity index (χ3v) is 5.10. The number of halogens is 2. The van der Waals surface area contributed by atoms with E-state index in [9.17, 15) is 4.79 Å². The Balaban J connectivity index is 2.13. The number of ketones is 1. The molecule has 1 saturated carbocycles. The molecule has 0 heterocycles. The normalized spacial score (nSPS) is 25.8. The summed E-state index contributed by atoms with van der Waals surface area (Å²) in [6.07, 6.45) is 4.09. The monoisotopic (exact) mass is 328 g/mol. The van der Waals surface area contributed by atoms with E-state index in [1.165, 1.54) is 0 Å². The number of ether oxygens (including phenoxy) is 1. The summed E-state index contributed by atoms with van der Waals surface area (Å²) in [5.74, 6) is 0.839. The van der Waals surface area contributed by atoms with Gasteiger partial charge in [-0.15, -0.1) is 0 Å². The first-order valence-corrected chi connectivity index (χ1v) is 8.33. The van der Waals surface area contributed by atoms with Gasteiger partial charge in [0.1, 0.15) is 5.60 Å². The lowest BCUT2D eigenvalue weighted by Gasteiger charge is -2.38. The summed E-state index contributed by atoms with van der Waals surface area (Å²) < 4.78 is 5.90. The van der Waals surface area contributed by atoms with Crippen LogP contribution in [0, 0.1) is 5.92 Å². The number of carbonyl (C=O) groups is 1. The number of Topliss-reactive ketones (excluding diaryl/α,β-unsaturated/α-hetero) is 1. The van der Waals surface area contributed by atoms with Crippen LogP contribution in [0.4, 0.5) is 0 Å². The van der Waals surface area contributed by atoms with Gasteiger partial charge in [0.15, 0.2) is 5.78 Å². The summed E-state index contributed by atoms with van der Waals surface area (Å²) in [6.45, 7) is 4.76. The van der Waals surface area contributed by atoms with E-state index < -0.39 is 5.60 Å². The van der Waals surface area contributed by atoms with E-state index in [2.05, 4.69) is 6.92 Å². The number of carbonyl (C=O) groups excluding carboxylic acids is 1. The predicted molar refractivity (Wildman–Crippen MR) is 87.2 cm³/mol. The lowest BCUT2D eigenvalue weighted by molar-refractivity contribution is -0.149. The van der Waals surface area contributed by atoms with E-state index >= 15 is 0 Å². The van der Waals surface area contributed by atoms with Gasteiger partial charge in [-0.1, -0.05) is 36.2 Å². The fraction of sp³-hybridized carbons (Fsp3) is 0.588. The molecule has 0 N–H and O–H groups in total. The SMILES string of the molecule is CCOC1(C(=O)Cc2ccc(Cl)c(Cl)c2)CCC(C)CC1. The molecule has 0 saturated heterocycles. The lowest BCUT2D eigenvalue weighted by atomic mass is 9.76. The molecule has 116 valence electrons. The first-order valence-electron chi connectivity index (χ1n) is 7.58. The Morgan fingerprint density at radius 1 is 1.29 bits per heavy atom. The predicted octanol–water partition coefficient (Wildman–Crippen LogP) is 5.09. The van der Waals surface area contributed by atoms with Crippen molar-refractivity contribution in [2.75, 3.05) is 6.61 Å². The van der Waals surface area contributed by atoms with Gasteiger partial charge in [-0.3, -0.25) is 4.79 Å². The Bertz CT molecular complexity index is 506. The highest BCUT2D eigenvalue weighted by Gasteiger charge is 2.41. The summed E-state index contributed by atoms with van der Waals surface area (Å²) >= 11 is 11.9. The van der Waals surface area contributed by atoms with Crippen molar-refractivity contribution in [3.8, 4) is 0 Å². The minimum atomic E-state index is -0.604. The molecule has 0 spiro atoms. The van der Waals surface area contributed by atoms with Gasteiger partial charge in [-0.05, 0) is 56.2 Å². The van der Waals surface area contributed by atoms with Crippen LogP contribution in [0.15, 0.2) is 18.2 Å². The molecule has 2 rings (SSSR count). The van der Waals surface area contributed by atoms with Gasteiger partial charge >= 0.3 is 0 Å². The summed E-state index contributed by atoms with van der Waals surface area (Å²) in [4.78, 5) is 12.8. The van der Waals surface area contributed by atoms with Crippen LogP contribution in [0.5, 0.6) is 0 Å². The topological polar surface area (TPSA) is 26.3 Å². The lowest BCUT2D eigenvalue weighted by Crippen LogP contribution is -2.45. The van der Waals surface area contributed by atoms with Crippen LogP contribution in [0.1, 0.15) is 45.1 Å². The van der Waals surface area contributed by atoms with Crippen molar-refractivity contribution in [2.24, 2.45) is 5.92 Å². The number of rotatable bonds is 5. The van der Waals surface area contributed by atoms with Crippen LogP contribution in [-0.4, -0.2) is 18.0 Å². The third kappa shape index (κ3) is 4.00. The molecular formula is C17H22Cl2O2. The number of benzene rings is 1. The third-order valence-electron chi connectivity index (χ3n) is 4.36. The van der Waals surface area contributed by atoms with Gasteiger partial charge in [0.25, 0.3) is 0 Å². The Morgan fingerprint density at radius 2 is 1.95 bits per heavy atom. The molecule has 4 heteroatoms. The second-order valence-corrected chi connectivity index (χ2v) is 6.77. The highest BCUT2D eigenvalue weighted by molar-refractivity contribution is 6.42. The van der Waals surface area contributed by atoms with Gasteiger partial charge in [0.05, 0.1) is 10.0 Å². The molecule has 0 amide bonds. The molecular weight excluding hydrogens is 307 g/mol. The zero-order valence-electron chi connectivity index (χ0n) is 12.6. The van der Waals surface area contributed by atoms with Gasteiger partial charge in [0.2, 0.25) is 0 Å². The van der Waals surface area contributed by atoms with Crippen molar-refractivity contribution in [3.63, 3.8) is 0 Å². The first kappa shape index (κ1) is 16.8. The van der Waals surface area contributed by atoms with Crippen LogP contribution >= 0.6 is 23.2 Å². The second-order valence-electron chi connectivity index (χ2n) is 5.96. The smallest absolute Gasteiger partial charge is 0.168 e. The minimum absolute atomic E-state index is 0.162. The van der Waals surface area contributed by atoms with Crippen LogP contribution in [0.25, 0.3) is 0 Å². The molecule has 1 fully saturated rings. The standard InChI is InChI=1S/C17H22Cl2O2/c1-3-21-17(8-6-12(2)7-9-17)16(20)11-13-4-5-14(18)15(19)10-13/h4-5,10,12H,3,6-9,11H2,1-2H3. The zero-order chi connectivity index (χ0) is 15.5. The van der Waals surface area contributed by atoms with Crippen molar-refractivity contribution in [3.05, 3.63) is 33.8 Å². The quantitative estimate of drug-likeness (QED) is 0.752. The maximum atomic E-state index is 12.8. The van der Waals surface area contributed by atoms with E-state index in [1.54, 1.807) is 12.1 Å². The summed E-state index contributed by atoms with van der Waals surface area (Å²) in [7, 11) is 0. The first-order chi connectivity index (χ1) is 9.97. The van der Waals surface area contributed by atoms with Crippen molar-refractivity contribution in [1.82, 2.24) is 0 Å². The largest absolute Gasteiger partial charge is 0.367 e.